The molecule has 0 bridgehead atoms. The predicted octanol–water partition coefficient (Wildman–Crippen LogP) is 3.64. The van der Waals surface area contributed by atoms with E-state index < -0.39 is 0 Å². The van der Waals surface area contributed by atoms with Gasteiger partial charge in [-0.15, -0.1) is 0 Å². The fourth-order valence-electron chi connectivity index (χ4n) is 4.19. The van der Waals surface area contributed by atoms with Crippen molar-refractivity contribution < 1.29 is 9.21 Å². The van der Waals surface area contributed by atoms with Crippen LogP contribution in [-0.4, -0.2) is 43.4 Å². The average Bonchev–Trinajstić information content (AvgIpc) is 3.53. The molecule has 166 valence electrons. The summed E-state index contributed by atoms with van der Waals surface area (Å²) in [4.78, 5) is 27.0. The zero-order valence-electron chi connectivity index (χ0n) is 18.6. The predicted molar refractivity (Wildman–Crippen MR) is 126 cm³/mol. The van der Waals surface area contributed by atoms with Crippen LogP contribution in [0.1, 0.15) is 49.2 Å². The number of aromatic nitrogens is 4. The molecule has 1 aromatic carbocycles. The lowest BCUT2D eigenvalue weighted by Gasteiger charge is -2.15. The molecule has 0 radical (unpaired) electrons. The van der Waals surface area contributed by atoms with Gasteiger partial charge in [-0.2, -0.15) is 0 Å². The number of hydrogen-bond donors (Lipinski definition) is 1. The molecule has 1 aliphatic rings. The molecule has 1 atom stereocenters. The van der Waals surface area contributed by atoms with Gasteiger partial charge in [-0.05, 0) is 30.7 Å². The van der Waals surface area contributed by atoms with E-state index in [2.05, 4.69) is 37.9 Å². The number of carbonyl (C=O) groups excluding carboxylic acids is 1. The van der Waals surface area contributed by atoms with Crippen molar-refractivity contribution in [2.75, 3.05) is 18.8 Å². The summed E-state index contributed by atoms with van der Waals surface area (Å²) in [7, 11) is 0. The van der Waals surface area contributed by atoms with Gasteiger partial charge in [-0.1, -0.05) is 32.3 Å². The molecule has 3 aromatic heterocycles. The first kappa shape index (κ1) is 20.8. The minimum absolute atomic E-state index is 0.0630. The Morgan fingerprint density at radius 2 is 2.18 bits per heavy atom. The van der Waals surface area contributed by atoms with E-state index in [9.17, 15) is 4.79 Å². The van der Waals surface area contributed by atoms with Crippen LogP contribution >= 0.6 is 0 Å². The molecule has 8 nitrogen and oxygen atoms in total. The first-order valence-electron chi connectivity index (χ1n) is 10.9. The lowest BCUT2D eigenvalue weighted by Crippen LogP contribution is -2.27. The third-order valence-corrected chi connectivity index (χ3v) is 5.92. The molecular formula is C25H24N6O2. The Balaban J connectivity index is 1.52. The fourth-order valence-corrected chi connectivity index (χ4v) is 4.19. The van der Waals surface area contributed by atoms with Gasteiger partial charge in [0.2, 0.25) is 5.91 Å². The zero-order chi connectivity index (χ0) is 23.1. The number of oxazole rings is 1. The maximum atomic E-state index is 12.0. The molecule has 4 heterocycles. The van der Waals surface area contributed by atoms with E-state index in [0.29, 0.717) is 24.8 Å². The molecule has 4 aromatic rings. The fraction of sp³-hybridized carbons (Fsp3) is 0.280. The van der Waals surface area contributed by atoms with Crippen molar-refractivity contribution in [3.05, 3.63) is 60.4 Å². The molecule has 1 saturated heterocycles. The lowest BCUT2D eigenvalue weighted by molar-refractivity contribution is -0.125. The van der Waals surface area contributed by atoms with Gasteiger partial charge in [0, 0.05) is 30.8 Å². The molecule has 0 spiro atoms. The Morgan fingerprint density at radius 3 is 2.97 bits per heavy atom. The van der Waals surface area contributed by atoms with Crippen LogP contribution in [0.25, 0.3) is 22.1 Å². The second-order valence-corrected chi connectivity index (χ2v) is 8.48. The number of benzene rings is 1. The average molecular weight is 441 g/mol. The van der Waals surface area contributed by atoms with E-state index in [-0.39, 0.29) is 17.9 Å². The summed E-state index contributed by atoms with van der Waals surface area (Å²) >= 11 is 0. The monoisotopic (exact) mass is 440 g/mol. The van der Waals surface area contributed by atoms with Gasteiger partial charge < -0.3 is 19.6 Å². The molecule has 0 saturated carbocycles. The Morgan fingerprint density at radius 1 is 1.33 bits per heavy atom. The minimum Gasteiger partial charge on any atom is -0.440 e. The molecule has 5 rings (SSSR count). The van der Waals surface area contributed by atoms with Crippen molar-refractivity contribution in [3.8, 4) is 11.8 Å². The number of nitrogens with two attached hydrogens (primary N) is 1. The summed E-state index contributed by atoms with van der Waals surface area (Å²) in [6.07, 6.45) is 5.59. The number of nitrogens with zero attached hydrogens (tertiary/aromatic N) is 5. The van der Waals surface area contributed by atoms with Crippen LogP contribution in [0.4, 0.5) is 5.82 Å². The summed E-state index contributed by atoms with van der Waals surface area (Å²) in [5.41, 5.74) is 10.0. The molecular weight excluding hydrogens is 416 g/mol. The van der Waals surface area contributed by atoms with Gasteiger partial charge in [0.1, 0.15) is 23.3 Å². The Bertz CT molecular complexity index is 1450. The number of hydrogen-bond acceptors (Lipinski definition) is 6. The molecule has 8 heteroatoms. The molecule has 33 heavy (non-hydrogen) atoms. The second kappa shape index (κ2) is 8.10. The topological polar surface area (TPSA) is 103 Å². The summed E-state index contributed by atoms with van der Waals surface area (Å²) in [5, 5.41) is 0.725. The van der Waals surface area contributed by atoms with E-state index in [1.165, 1.54) is 12.4 Å². The largest absolute Gasteiger partial charge is 0.440 e. The van der Waals surface area contributed by atoms with Crippen LogP contribution in [0.15, 0.2) is 47.8 Å². The minimum atomic E-state index is -0.0630. The SMILES string of the molecule is C=CC(=O)N1CC[C@H](n2cc(C#Cc3ccc4oc(C(C)C)nc4c3)c3c(N)ncnc32)C1. The van der Waals surface area contributed by atoms with Crippen molar-refractivity contribution in [2.45, 2.75) is 32.2 Å². The van der Waals surface area contributed by atoms with Crippen molar-refractivity contribution in [1.29, 1.82) is 0 Å². The summed E-state index contributed by atoms with van der Waals surface area (Å²) in [5.74, 6) is 7.71. The highest BCUT2D eigenvalue weighted by Gasteiger charge is 2.28. The van der Waals surface area contributed by atoms with Gasteiger partial charge in [-0.3, -0.25) is 4.79 Å². The van der Waals surface area contributed by atoms with Crippen molar-refractivity contribution in [2.24, 2.45) is 0 Å². The van der Waals surface area contributed by atoms with Gasteiger partial charge >= 0.3 is 0 Å². The Kier molecular flexibility index (Phi) is 5.09. The number of nitrogen functional groups attached to an aromatic ring is 1. The lowest BCUT2D eigenvalue weighted by atomic mass is 10.2. The van der Waals surface area contributed by atoms with E-state index in [0.717, 1.165) is 39.7 Å². The molecule has 1 fully saturated rings. The first-order chi connectivity index (χ1) is 15.9. The van der Waals surface area contributed by atoms with Crippen LogP contribution in [0.5, 0.6) is 0 Å². The number of rotatable bonds is 3. The summed E-state index contributed by atoms with van der Waals surface area (Å²) in [6.45, 7) is 8.94. The van der Waals surface area contributed by atoms with Crippen molar-refractivity contribution in [1.82, 2.24) is 24.4 Å². The third kappa shape index (κ3) is 3.72. The van der Waals surface area contributed by atoms with Gasteiger partial charge in [-0.25, -0.2) is 15.0 Å². The smallest absolute Gasteiger partial charge is 0.246 e. The van der Waals surface area contributed by atoms with Gasteiger partial charge in [0.05, 0.1) is 17.0 Å². The highest BCUT2D eigenvalue weighted by molar-refractivity contribution is 5.92. The van der Waals surface area contributed by atoms with Crippen LogP contribution in [0, 0.1) is 11.8 Å². The number of likely N-dealkylation sites (tertiary alicyclic amines) is 1. The van der Waals surface area contributed by atoms with Crippen LogP contribution < -0.4 is 5.73 Å². The maximum absolute atomic E-state index is 12.0. The summed E-state index contributed by atoms with van der Waals surface area (Å²) < 4.78 is 7.84. The normalized spacial score (nSPS) is 15.8. The van der Waals surface area contributed by atoms with E-state index in [4.69, 9.17) is 10.2 Å². The third-order valence-electron chi connectivity index (χ3n) is 5.92. The van der Waals surface area contributed by atoms with Gasteiger partial charge in [0.15, 0.2) is 11.5 Å². The number of amides is 1. The number of anilines is 1. The van der Waals surface area contributed by atoms with Crippen LogP contribution in [0.3, 0.4) is 0 Å². The molecule has 0 unspecified atom stereocenters. The van der Waals surface area contributed by atoms with Crippen molar-refractivity contribution in [3.63, 3.8) is 0 Å². The Labute approximate surface area is 191 Å². The van der Waals surface area contributed by atoms with Gasteiger partial charge in [0.25, 0.3) is 0 Å². The molecule has 2 N–H and O–H groups in total. The number of carbonyl (C=O) groups is 1. The van der Waals surface area contributed by atoms with Crippen LogP contribution in [0.2, 0.25) is 0 Å². The zero-order valence-corrected chi connectivity index (χ0v) is 18.6. The second-order valence-electron chi connectivity index (χ2n) is 8.48. The standard InChI is InChI=1S/C25H24N6O2/c1-4-21(32)30-10-9-18(13-30)31-12-17(22-23(26)27-14-28-24(22)31)7-5-16-6-8-20-19(11-16)29-25(33-20)15(2)3/h4,6,8,11-12,14-15,18H,1,9-10,13H2,2-3H3,(H2,26,27,28)/t18-/m0/s1. The Hall–Kier alpha value is -4.12. The van der Waals surface area contributed by atoms with Crippen molar-refractivity contribution >= 4 is 33.9 Å². The highest BCUT2D eigenvalue weighted by Crippen LogP contribution is 2.30. The van der Waals surface area contributed by atoms with E-state index in [1.807, 2.05) is 38.2 Å². The van der Waals surface area contributed by atoms with Crippen LogP contribution in [-0.2, 0) is 4.79 Å². The van der Waals surface area contributed by atoms with E-state index >= 15 is 0 Å². The first-order valence-corrected chi connectivity index (χ1v) is 10.9. The molecule has 1 amide bonds. The molecule has 0 aliphatic carbocycles. The maximum Gasteiger partial charge on any atom is 0.246 e. The number of fused-ring (bicyclic) bond motifs is 2. The quantitative estimate of drug-likeness (QED) is 0.385. The highest BCUT2D eigenvalue weighted by atomic mass is 16.3. The van der Waals surface area contributed by atoms with E-state index in [1.54, 1.807) is 4.90 Å². The summed E-state index contributed by atoms with van der Waals surface area (Å²) in [6, 6.07) is 5.82. The molecule has 1 aliphatic heterocycles.